The number of anilines is 1. The van der Waals surface area contributed by atoms with Crippen LogP contribution in [0.3, 0.4) is 0 Å². The molecule has 19 heavy (non-hydrogen) atoms. The first kappa shape index (κ1) is 13.6. The van der Waals surface area contributed by atoms with Gasteiger partial charge in [-0.05, 0) is 12.8 Å². The van der Waals surface area contributed by atoms with E-state index in [0.29, 0.717) is 19.1 Å². The molecule has 1 saturated heterocycles. The zero-order valence-corrected chi connectivity index (χ0v) is 11.1. The quantitative estimate of drug-likeness (QED) is 0.801. The van der Waals surface area contributed by atoms with Gasteiger partial charge >= 0.3 is 0 Å². The first-order valence-corrected chi connectivity index (χ1v) is 6.46. The van der Waals surface area contributed by atoms with Crippen molar-refractivity contribution in [1.82, 2.24) is 9.78 Å². The van der Waals surface area contributed by atoms with Crippen molar-refractivity contribution < 1.29 is 4.74 Å². The number of ether oxygens (including phenoxy) is 1. The normalized spacial score (nSPS) is 16.3. The van der Waals surface area contributed by atoms with Crippen LogP contribution in [0, 0.1) is 11.3 Å². The van der Waals surface area contributed by atoms with E-state index in [2.05, 4.69) is 10.00 Å². The zero-order chi connectivity index (χ0) is 13.7. The van der Waals surface area contributed by atoms with Crippen LogP contribution < -0.4 is 10.5 Å². The van der Waals surface area contributed by atoms with Gasteiger partial charge in [-0.25, -0.2) is 4.68 Å². The maximum Gasteiger partial charge on any atom is 0.268 e. The summed E-state index contributed by atoms with van der Waals surface area (Å²) >= 11 is 0. The van der Waals surface area contributed by atoms with E-state index in [-0.39, 0.29) is 5.56 Å². The van der Waals surface area contributed by atoms with Crippen molar-refractivity contribution in [2.75, 3.05) is 25.1 Å². The topological polar surface area (TPSA) is 71.2 Å². The Bertz CT molecular complexity index is 512. The SMILES string of the molecule is COC1CCN(c2cnn(CCC#N)c(=O)c2)CC1. The van der Waals surface area contributed by atoms with Gasteiger partial charge in [-0.3, -0.25) is 4.79 Å². The summed E-state index contributed by atoms with van der Waals surface area (Å²) < 4.78 is 6.65. The van der Waals surface area contributed by atoms with Gasteiger partial charge < -0.3 is 9.64 Å². The van der Waals surface area contributed by atoms with Crippen molar-refractivity contribution in [3.63, 3.8) is 0 Å². The minimum atomic E-state index is -0.151. The smallest absolute Gasteiger partial charge is 0.268 e. The highest BCUT2D eigenvalue weighted by atomic mass is 16.5. The minimum Gasteiger partial charge on any atom is -0.381 e. The summed E-state index contributed by atoms with van der Waals surface area (Å²) in [6.07, 6.45) is 4.25. The van der Waals surface area contributed by atoms with Gasteiger partial charge in [-0.2, -0.15) is 10.4 Å². The third-order valence-corrected chi connectivity index (χ3v) is 3.43. The molecule has 0 radical (unpaired) electrons. The third-order valence-electron chi connectivity index (χ3n) is 3.43. The van der Waals surface area contributed by atoms with Crippen LogP contribution in [0.25, 0.3) is 0 Å². The minimum absolute atomic E-state index is 0.151. The number of aromatic nitrogens is 2. The number of piperidine rings is 1. The van der Waals surface area contributed by atoms with Crippen LogP contribution in [0.15, 0.2) is 17.1 Å². The number of methoxy groups -OCH3 is 1. The van der Waals surface area contributed by atoms with Crippen molar-refractivity contribution in [3.05, 3.63) is 22.6 Å². The molecule has 0 aliphatic carbocycles. The van der Waals surface area contributed by atoms with Gasteiger partial charge in [-0.15, -0.1) is 0 Å². The lowest BCUT2D eigenvalue weighted by Gasteiger charge is -2.32. The van der Waals surface area contributed by atoms with Crippen molar-refractivity contribution in [2.45, 2.75) is 31.9 Å². The third kappa shape index (κ3) is 3.32. The summed E-state index contributed by atoms with van der Waals surface area (Å²) in [7, 11) is 1.73. The second-order valence-corrected chi connectivity index (χ2v) is 4.61. The van der Waals surface area contributed by atoms with Crippen LogP contribution in [0.5, 0.6) is 0 Å². The Morgan fingerprint density at radius 2 is 2.26 bits per heavy atom. The molecule has 0 N–H and O–H groups in total. The van der Waals surface area contributed by atoms with E-state index in [1.165, 1.54) is 4.68 Å². The van der Waals surface area contributed by atoms with E-state index in [1.807, 2.05) is 6.07 Å². The van der Waals surface area contributed by atoms with Crippen LogP contribution >= 0.6 is 0 Å². The Kier molecular flexibility index (Phi) is 4.53. The number of nitrogens with zero attached hydrogens (tertiary/aromatic N) is 4. The van der Waals surface area contributed by atoms with E-state index in [1.54, 1.807) is 19.4 Å². The van der Waals surface area contributed by atoms with E-state index in [4.69, 9.17) is 10.00 Å². The maximum absolute atomic E-state index is 11.8. The van der Waals surface area contributed by atoms with Crippen molar-refractivity contribution in [2.24, 2.45) is 0 Å². The van der Waals surface area contributed by atoms with Gasteiger partial charge in [0.15, 0.2) is 0 Å². The number of nitriles is 1. The first-order chi connectivity index (χ1) is 9.24. The molecule has 2 rings (SSSR count). The van der Waals surface area contributed by atoms with Crippen LogP contribution in [0.2, 0.25) is 0 Å². The van der Waals surface area contributed by atoms with Gasteiger partial charge in [0.1, 0.15) is 0 Å². The predicted molar refractivity (Wildman–Crippen MR) is 71.0 cm³/mol. The van der Waals surface area contributed by atoms with Gasteiger partial charge in [0, 0.05) is 26.3 Å². The molecule has 2 heterocycles. The number of hydrogen-bond acceptors (Lipinski definition) is 5. The molecule has 6 nitrogen and oxygen atoms in total. The maximum atomic E-state index is 11.8. The second-order valence-electron chi connectivity index (χ2n) is 4.61. The number of hydrogen-bond donors (Lipinski definition) is 0. The van der Waals surface area contributed by atoms with E-state index >= 15 is 0 Å². The predicted octanol–water partition coefficient (Wildman–Crippen LogP) is 0.772. The second kappa shape index (κ2) is 6.34. The monoisotopic (exact) mass is 262 g/mol. The standard InChI is InChI=1S/C13H18N4O2/c1-19-12-3-7-16(8-4-12)11-9-13(18)17(15-10-11)6-2-5-14/h9-10,12H,2-4,6-8H2,1H3. The Hall–Kier alpha value is -1.87. The highest BCUT2D eigenvalue weighted by Gasteiger charge is 2.19. The summed E-state index contributed by atoms with van der Waals surface area (Å²) in [4.78, 5) is 14.0. The molecule has 0 unspecified atom stereocenters. The summed E-state index contributed by atoms with van der Waals surface area (Å²) in [5.74, 6) is 0. The summed E-state index contributed by atoms with van der Waals surface area (Å²) in [6, 6.07) is 3.60. The van der Waals surface area contributed by atoms with Crippen LogP contribution in [-0.4, -0.2) is 36.1 Å². The number of rotatable bonds is 4. The summed E-state index contributed by atoms with van der Waals surface area (Å²) in [5, 5.41) is 12.6. The summed E-state index contributed by atoms with van der Waals surface area (Å²) in [5.41, 5.74) is 0.703. The van der Waals surface area contributed by atoms with E-state index in [9.17, 15) is 4.79 Å². The molecule has 1 fully saturated rings. The van der Waals surface area contributed by atoms with Gasteiger partial charge in [-0.1, -0.05) is 0 Å². The lowest BCUT2D eigenvalue weighted by Crippen LogP contribution is -2.37. The Balaban J connectivity index is 2.04. The molecular formula is C13H18N4O2. The molecule has 0 amide bonds. The molecule has 1 aliphatic rings. The zero-order valence-electron chi connectivity index (χ0n) is 11.1. The fourth-order valence-electron chi connectivity index (χ4n) is 2.27. The largest absolute Gasteiger partial charge is 0.381 e. The average molecular weight is 262 g/mol. The highest BCUT2D eigenvalue weighted by Crippen LogP contribution is 2.18. The Morgan fingerprint density at radius 1 is 1.53 bits per heavy atom. The van der Waals surface area contributed by atoms with Gasteiger partial charge in [0.2, 0.25) is 0 Å². The van der Waals surface area contributed by atoms with Crippen LogP contribution in [-0.2, 0) is 11.3 Å². The average Bonchev–Trinajstić information content (AvgIpc) is 2.46. The van der Waals surface area contributed by atoms with E-state index in [0.717, 1.165) is 31.6 Å². The fraction of sp³-hybridized carbons (Fsp3) is 0.615. The molecular weight excluding hydrogens is 244 g/mol. The van der Waals surface area contributed by atoms with Crippen LogP contribution in [0.4, 0.5) is 5.69 Å². The molecule has 0 saturated carbocycles. The van der Waals surface area contributed by atoms with Gasteiger partial charge in [0.25, 0.3) is 5.56 Å². The molecule has 0 aromatic carbocycles. The lowest BCUT2D eigenvalue weighted by molar-refractivity contribution is 0.0819. The molecule has 1 aromatic heterocycles. The fourth-order valence-corrected chi connectivity index (χ4v) is 2.27. The number of aryl methyl sites for hydroxylation is 1. The highest BCUT2D eigenvalue weighted by molar-refractivity contribution is 5.43. The Morgan fingerprint density at radius 3 is 2.84 bits per heavy atom. The molecule has 1 aliphatic heterocycles. The molecule has 0 spiro atoms. The Labute approximate surface area is 112 Å². The molecule has 6 heteroatoms. The molecule has 1 aromatic rings. The first-order valence-electron chi connectivity index (χ1n) is 6.46. The molecule has 102 valence electrons. The molecule has 0 atom stereocenters. The molecule has 0 bridgehead atoms. The lowest BCUT2D eigenvalue weighted by atomic mass is 10.1. The van der Waals surface area contributed by atoms with Crippen molar-refractivity contribution in [1.29, 1.82) is 5.26 Å². The van der Waals surface area contributed by atoms with Crippen molar-refractivity contribution in [3.8, 4) is 6.07 Å². The van der Waals surface area contributed by atoms with Gasteiger partial charge in [0.05, 0.1) is 37.0 Å². The van der Waals surface area contributed by atoms with Crippen molar-refractivity contribution >= 4 is 5.69 Å². The summed E-state index contributed by atoms with van der Waals surface area (Å²) in [6.45, 7) is 2.10. The van der Waals surface area contributed by atoms with E-state index < -0.39 is 0 Å². The van der Waals surface area contributed by atoms with Crippen LogP contribution in [0.1, 0.15) is 19.3 Å².